The second-order valence-corrected chi connectivity index (χ2v) is 4.20. The second kappa shape index (κ2) is 7.17. The highest BCUT2D eigenvalue weighted by molar-refractivity contribution is 6.30. The minimum absolute atomic E-state index is 0.0655. The summed E-state index contributed by atoms with van der Waals surface area (Å²) in [6.07, 6.45) is 1.11. The van der Waals surface area contributed by atoms with E-state index in [0.717, 1.165) is 6.42 Å². The van der Waals surface area contributed by atoms with E-state index in [1.807, 2.05) is 13.8 Å². The zero-order valence-corrected chi connectivity index (χ0v) is 11.0. The summed E-state index contributed by atoms with van der Waals surface area (Å²) in [5.74, 6) is 0.595. The summed E-state index contributed by atoms with van der Waals surface area (Å²) in [7, 11) is 0. The number of carbonyl (C=O) groups excluding carboxylic acids is 1. The number of halogens is 1. The summed E-state index contributed by atoms with van der Waals surface area (Å²) in [5, 5.41) is 3.48. The molecule has 0 fully saturated rings. The SMILES string of the molecule is CCCNC(=O)[C@@H](CC)Oc1ccc(Cl)cc1. The van der Waals surface area contributed by atoms with Gasteiger partial charge in [0.2, 0.25) is 0 Å². The molecule has 0 bridgehead atoms. The Labute approximate surface area is 107 Å². The standard InChI is InChI=1S/C13H18ClNO2/c1-3-9-15-13(16)12(4-2)17-11-7-5-10(14)6-8-11/h5-8,12H,3-4,9H2,1-2H3,(H,15,16)/t12-/m1/s1. The zero-order chi connectivity index (χ0) is 12.7. The first-order chi connectivity index (χ1) is 8.17. The Morgan fingerprint density at radius 3 is 2.53 bits per heavy atom. The summed E-state index contributed by atoms with van der Waals surface area (Å²) < 4.78 is 5.61. The van der Waals surface area contributed by atoms with Crippen molar-refractivity contribution in [3.63, 3.8) is 0 Å². The van der Waals surface area contributed by atoms with Gasteiger partial charge < -0.3 is 10.1 Å². The van der Waals surface area contributed by atoms with Crippen molar-refractivity contribution in [1.82, 2.24) is 5.32 Å². The molecule has 94 valence electrons. The normalized spacial score (nSPS) is 11.9. The van der Waals surface area contributed by atoms with Gasteiger partial charge in [-0.2, -0.15) is 0 Å². The summed E-state index contributed by atoms with van der Waals surface area (Å²) in [5.41, 5.74) is 0. The third-order valence-electron chi connectivity index (χ3n) is 2.30. The molecule has 0 aliphatic heterocycles. The van der Waals surface area contributed by atoms with Crippen LogP contribution in [0.25, 0.3) is 0 Å². The van der Waals surface area contributed by atoms with Crippen molar-refractivity contribution >= 4 is 17.5 Å². The van der Waals surface area contributed by atoms with Gasteiger partial charge in [-0.3, -0.25) is 4.79 Å². The Morgan fingerprint density at radius 1 is 1.35 bits per heavy atom. The maximum atomic E-state index is 11.7. The first kappa shape index (κ1) is 13.8. The van der Waals surface area contributed by atoms with Gasteiger partial charge in [-0.1, -0.05) is 25.4 Å². The van der Waals surface area contributed by atoms with E-state index in [0.29, 0.717) is 23.7 Å². The Bertz CT molecular complexity index is 351. The molecule has 1 atom stereocenters. The van der Waals surface area contributed by atoms with Gasteiger partial charge in [0, 0.05) is 11.6 Å². The predicted molar refractivity (Wildman–Crippen MR) is 69.5 cm³/mol. The van der Waals surface area contributed by atoms with Gasteiger partial charge in [0.15, 0.2) is 6.10 Å². The third-order valence-corrected chi connectivity index (χ3v) is 2.56. The molecule has 17 heavy (non-hydrogen) atoms. The fraction of sp³-hybridized carbons (Fsp3) is 0.462. The topological polar surface area (TPSA) is 38.3 Å². The summed E-state index contributed by atoms with van der Waals surface area (Å²) in [6.45, 7) is 4.62. The molecular formula is C13H18ClNO2. The van der Waals surface area contributed by atoms with Gasteiger partial charge >= 0.3 is 0 Å². The number of hydrogen-bond acceptors (Lipinski definition) is 2. The van der Waals surface area contributed by atoms with Crippen LogP contribution in [0.5, 0.6) is 5.75 Å². The van der Waals surface area contributed by atoms with Crippen molar-refractivity contribution in [3.05, 3.63) is 29.3 Å². The van der Waals surface area contributed by atoms with Crippen LogP contribution in [-0.4, -0.2) is 18.6 Å². The second-order valence-electron chi connectivity index (χ2n) is 3.76. The van der Waals surface area contributed by atoms with Crippen LogP contribution in [0.15, 0.2) is 24.3 Å². The molecule has 3 nitrogen and oxygen atoms in total. The fourth-order valence-corrected chi connectivity index (χ4v) is 1.49. The maximum Gasteiger partial charge on any atom is 0.261 e. The van der Waals surface area contributed by atoms with E-state index in [2.05, 4.69) is 5.32 Å². The van der Waals surface area contributed by atoms with Crippen LogP contribution < -0.4 is 10.1 Å². The van der Waals surface area contributed by atoms with E-state index in [1.165, 1.54) is 0 Å². The lowest BCUT2D eigenvalue weighted by Gasteiger charge is -2.17. The minimum atomic E-state index is -0.442. The molecule has 0 spiro atoms. The minimum Gasteiger partial charge on any atom is -0.481 e. The van der Waals surface area contributed by atoms with Crippen molar-refractivity contribution in [2.75, 3.05) is 6.54 Å². The number of carbonyl (C=O) groups is 1. The van der Waals surface area contributed by atoms with Crippen LogP contribution in [0.2, 0.25) is 5.02 Å². The van der Waals surface area contributed by atoms with Gasteiger partial charge in [0.25, 0.3) is 5.91 Å². The smallest absolute Gasteiger partial charge is 0.261 e. The van der Waals surface area contributed by atoms with Gasteiger partial charge in [-0.05, 0) is 37.1 Å². The number of ether oxygens (including phenoxy) is 1. The molecule has 1 aromatic rings. The van der Waals surface area contributed by atoms with Crippen molar-refractivity contribution < 1.29 is 9.53 Å². The van der Waals surface area contributed by atoms with Gasteiger partial charge in [0.1, 0.15) is 5.75 Å². The summed E-state index contributed by atoms with van der Waals surface area (Å²) in [6, 6.07) is 7.01. The molecule has 0 aliphatic rings. The average Bonchev–Trinajstić information content (AvgIpc) is 2.35. The zero-order valence-electron chi connectivity index (χ0n) is 10.2. The van der Waals surface area contributed by atoms with Gasteiger partial charge in [-0.15, -0.1) is 0 Å². The highest BCUT2D eigenvalue weighted by atomic mass is 35.5. The molecular weight excluding hydrogens is 238 g/mol. The summed E-state index contributed by atoms with van der Waals surface area (Å²) >= 11 is 5.78. The van der Waals surface area contributed by atoms with E-state index in [-0.39, 0.29) is 5.91 Å². The molecule has 0 heterocycles. The Kier molecular flexibility index (Phi) is 5.84. The van der Waals surface area contributed by atoms with Crippen molar-refractivity contribution in [2.45, 2.75) is 32.8 Å². The predicted octanol–water partition coefficient (Wildman–Crippen LogP) is 3.02. The molecule has 0 unspecified atom stereocenters. The van der Waals surface area contributed by atoms with E-state index >= 15 is 0 Å². The molecule has 1 amide bonds. The maximum absolute atomic E-state index is 11.7. The average molecular weight is 256 g/mol. The molecule has 0 saturated heterocycles. The van der Waals surface area contributed by atoms with Crippen LogP contribution in [-0.2, 0) is 4.79 Å². The van der Waals surface area contributed by atoms with E-state index < -0.39 is 6.10 Å². The van der Waals surface area contributed by atoms with Crippen LogP contribution in [0.1, 0.15) is 26.7 Å². The summed E-state index contributed by atoms with van der Waals surface area (Å²) in [4.78, 5) is 11.7. The van der Waals surface area contributed by atoms with Crippen LogP contribution in [0.4, 0.5) is 0 Å². The molecule has 0 aliphatic carbocycles. The molecule has 1 aromatic carbocycles. The molecule has 4 heteroatoms. The van der Waals surface area contributed by atoms with Gasteiger partial charge in [-0.25, -0.2) is 0 Å². The number of amides is 1. The first-order valence-corrected chi connectivity index (χ1v) is 6.25. The third kappa shape index (κ3) is 4.65. The van der Waals surface area contributed by atoms with E-state index in [1.54, 1.807) is 24.3 Å². The molecule has 1 rings (SSSR count). The highest BCUT2D eigenvalue weighted by Gasteiger charge is 2.17. The lowest BCUT2D eigenvalue weighted by molar-refractivity contribution is -0.128. The Hall–Kier alpha value is -1.22. The molecule has 0 saturated carbocycles. The highest BCUT2D eigenvalue weighted by Crippen LogP contribution is 2.17. The Balaban J connectivity index is 2.57. The number of benzene rings is 1. The van der Waals surface area contributed by atoms with Crippen molar-refractivity contribution in [3.8, 4) is 5.75 Å². The van der Waals surface area contributed by atoms with Gasteiger partial charge in [0.05, 0.1) is 0 Å². The monoisotopic (exact) mass is 255 g/mol. The van der Waals surface area contributed by atoms with Crippen LogP contribution >= 0.6 is 11.6 Å². The van der Waals surface area contributed by atoms with E-state index in [4.69, 9.17) is 16.3 Å². The fourth-order valence-electron chi connectivity index (χ4n) is 1.36. The quantitative estimate of drug-likeness (QED) is 0.849. The van der Waals surface area contributed by atoms with Crippen LogP contribution in [0.3, 0.4) is 0 Å². The van der Waals surface area contributed by atoms with Crippen LogP contribution in [0, 0.1) is 0 Å². The number of rotatable bonds is 6. The Morgan fingerprint density at radius 2 is 2.00 bits per heavy atom. The van der Waals surface area contributed by atoms with Crippen molar-refractivity contribution in [1.29, 1.82) is 0 Å². The molecule has 0 radical (unpaired) electrons. The van der Waals surface area contributed by atoms with Crippen molar-refractivity contribution in [2.24, 2.45) is 0 Å². The first-order valence-electron chi connectivity index (χ1n) is 5.87. The lowest BCUT2D eigenvalue weighted by Crippen LogP contribution is -2.38. The largest absolute Gasteiger partial charge is 0.481 e. The lowest BCUT2D eigenvalue weighted by atomic mass is 10.2. The number of hydrogen-bond donors (Lipinski definition) is 1. The molecule has 0 aromatic heterocycles. The van der Waals surface area contributed by atoms with E-state index in [9.17, 15) is 4.79 Å². The number of nitrogens with one attached hydrogen (secondary N) is 1. The molecule has 1 N–H and O–H groups in total.